The standard InChI is InChI=1S/C6H12N2O2/c1-5(9)8-4-6(10)2-7-3-6/h7,10H,2-4H2,1H3,(H,8,9). The average Bonchev–Trinajstić information content (AvgIpc) is 1.79. The van der Waals surface area contributed by atoms with E-state index in [-0.39, 0.29) is 5.91 Å². The van der Waals surface area contributed by atoms with E-state index in [4.69, 9.17) is 0 Å². The van der Waals surface area contributed by atoms with E-state index in [1.807, 2.05) is 0 Å². The number of rotatable bonds is 2. The van der Waals surface area contributed by atoms with E-state index < -0.39 is 5.60 Å². The van der Waals surface area contributed by atoms with Crippen LogP contribution in [0.5, 0.6) is 0 Å². The van der Waals surface area contributed by atoms with Gasteiger partial charge < -0.3 is 15.7 Å². The van der Waals surface area contributed by atoms with Crippen molar-refractivity contribution in [3.8, 4) is 0 Å². The Labute approximate surface area is 59.6 Å². The van der Waals surface area contributed by atoms with Crippen molar-refractivity contribution in [2.75, 3.05) is 19.6 Å². The highest BCUT2D eigenvalue weighted by Crippen LogP contribution is 2.07. The Hall–Kier alpha value is -0.610. The predicted octanol–water partition coefficient (Wildman–Crippen LogP) is -1.54. The van der Waals surface area contributed by atoms with Gasteiger partial charge in [0.25, 0.3) is 0 Å². The molecular weight excluding hydrogens is 132 g/mol. The Morgan fingerprint density at radius 3 is 2.70 bits per heavy atom. The summed E-state index contributed by atoms with van der Waals surface area (Å²) in [6.45, 7) is 2.95. The van der Waals surface area contributed by atoms with Gasteiger partial charge in [-0.05, 0) is 0 Å². The first-order valence-corrected chi connectivity index (χ1v) is 3.30. The molecule has 58 valence electrons. The third kappa shape index (κ3) is 1.68. The first-order chi connectivity index (χ1) is 4.62. The molecule has 1 amide bonds. The zero-order chi connectivity index (χ0) is 7.61. The number of amides is 1. The van der Waals surface area contributed by atoms with Crippen LogP contribution in [0.15, 0.2) is 0 Å². The van der Waals surface area contributed by atoms with Gasteiger partial charge in [-0.3, -0.25) is 4.79 Å². The van der Waals surface area contributed by atoms with Gasteiger partial charge in [-0.25, -0.2) is 0 Å². The maximum absolute atomic E-state index is 10.4. The fraction of sp³-hybridized carbons (Fsp3) is 0.833. The first-order valence-electron chi connectivity index (χ1n) is 3.30. The highest BCUT2D eigenvalue weighted by molar-refractivity contribution is 5.72. The lowest BCUT2D eigenvalue weighted by Crippen LogP contribution is -2.64. The van der Waals surface area contributed by atoms with Gasteiger partial charge in [0.05, 0.1) is 0 Å². The molecule has 0 aromatic carbocycles. The van der Waals surface area contributed by atoms with Gasteiger partial charge in [-0.1, -0.05) is 0 Å². The highest BCUT2D eigenvalue weighted by atomic mass is 16.3. The molecule has 1 heterocycles. The maximum Gasteiger partial charge on any atom is 0.216 e. The number of hydrogen-bond acceptors (Lipinski definition) is 3. The lowest BCUT2D eigenvalue weighted by Gasteiger charge is -2.37. The van der Waals surface area contributed by atoms with Crippen molar-refractivity contribution in [3.63, 3.8) is 0 Å². The fourth-order valence-corrected chi connectivity index (χ4v) is 0.828. The lowest BCUT2D eigenvalue weighted by molar-refractivity contribution is -0.120. The van der Waals surface area contributed by atoms with Crippen molar-refractivity contribution in [2.24, 2.45) is 0 Å². The number of nitrogens with one attached hydrogen (secondary N) is 2. The first kappa shape index (κ1) is 7.50. The maximum atomic E-state index is 10.4. The third-order valence-corrected chi connectivity index (χ3v) is 1.57. The summed E-state index contributed by atoms with van der Waals surface area (Å²) in [5, 5.41) is 14.9. The van der Waals surface area contributed by atoms with Crippen LogP contribution >= 0.6 is 0 Å². The van der Waals surface area contributed by atoms with Crippen LogP contribution in [0.2, 0.25) is 0 Å². The molecule has 0 unspecified atom stereocenters. The monoisotopic (exact) mass is 144 g/mol. The summed E-state index contributed by atoms with van der Waals surface area (Å²) in [5.74, 6) is -0.0969. The molecular formula is C6H12N2O2. The molecule has 1 aliphatic rings. The summed E-state index contributed by atoms with van der Waals surface area (Å²) in [5.41, 5.74) is -0.689. The molecule has 3 N–H and O–H groups in total. The molecule has 0 aliphatic carbocycles. The van der Waals surface area contributed by atoms with E-state index in [2.05, 4.69) is 10.6 Å². The van der Waals surface area contributed by atoms with E-state index in [9.17, 15) is 9.90 Å². The van der Waals surface area contributed by atoms with Crippen LogP contribution in [0.25, 0.3) is 0 Å². The summed E-state index contributed by atoms with van der Waals surface area (Å²) >= 11 is 0. The second-order valence-electron chi connectivity index (χ2n) is 2.74. The summed E-state index contributed by atoms with van der Waals surface area (Å²) in [6, 6.07) is 0. The summed E-state index contributed by atoms with van der Waals surface area (Å²) in [6.07, 6.45) is 0. The van der Waals surface area contributed by atoms with E-state index in [1.165, 1.54) is 6.92 Å². The van der Waals surface area contributed by atoms with Crippen molar-refractivity contribution < 1.29 is 9.90 Å². The Kier molecular flexibility index (Phi) is 1.92. The molecule has 0 aromatic heterocycles. The Bertz CT molecular complexity index is 143. The van der Waals surface area contributed by atoms with Crippen molar-refractivity contribution in [3.05, 3.63) is 0 Å². The van der Waals surface area contributed by atoms with E-state index >= 15 is 0 Å². The zero-order valence-corrected chi connectivity index (χ0v) is 5.98. The molecule has 0 bridgehead atoms. The predicted molar refractivity (Wildman–Crippen MR) is 36.5 cm³/mol. The molecule has 1 fully saturated rings. The molecule has 0 aromatic rings. The topological polar surface area (TPSA) is 61.4 Å². The molecule has 0 atom stereocenters. The molecule has 0 spiro atoms. The minimum Gasteiger partial charge on any atom is -0.385 e. The number of carbonyl (C=O) groups is 1. The third-order valence-electron chi connectivity index (χ3n) is 1.57. The second kappa shape index (κ2) is 2.56. The van der Waals surface area contributed by atoms with Crippen molar-refractivity contribution >= 4 is 5.91 Å². The van der Waals surface area contributed by atoms with Crippen molar-refractivity contribution in [1.29, 1.82) is 0 Å². The van der Waals surface area contributed by atoms with Crippen molar-refractivity contribution in [1.82, 2.24) is 10.6 Å². The highest BCUT2D eigenvalue weighted by Gasteiger charge is 2.33. The number of aliphatic hydroxyl groups is 1. The minimum absolute atomic E-state index is 0.0969. The summed E-state index contributed by atoms with van der Waals surface area (Å²) in [4.78, 5) is 10.4. The van der Waals surface area contributed by atoms with Crippen LogP contribution in [0, 0.1) is 0 Å². The molecule has 4 nitrogen and oxygen atoms in total. The summed E-state index contributed by atoms with van der Waals surface area (Å²) in [7, 11) is 0. The average molecular weight is 144 g/mol. The fourth-order valence-electron chi connectivity index (χ4n) is 0.828. The van der Waals surface area contributed by atoms with Gasteiger partial charge in [-0.15, -0.1) is 0 Å². The van der Waals surface area contributed by atoms with Gasteiger partial charge in [0, 0.05) is 26.6 Å². The molecule has 1 saturated heterocycles. The SMILES string of the molecule is CC(=O)NCC1(O)CNC1. The van der Waals surface area contributed by atoms with Gasteiger partial charge in [0.1, 0.15) is 5.60 Å². The van der Waals surface area contributed by atoms with Crippen LogP contribution in [-0.2, 0) is 4.79 Å². The van der Waals surface area contributed by atoms with E-state index in [0.717, 1.165) is 0 Å². The molecule has 10 heavy (non-hydrogen) atoms. The smallest absolute Gasteiger partial charge is 0.216 e. The summed E-state index contributed by atoms with van der Waals surface area (Å²) < 4.78 is 0. The number of β-amino-alcohol motifs (C(OH)–C–C–N with tert-alkyl or cyclic N) is 1. The van der Waals surface area contributed by atoms with Crippen LogP contribution in [0.4, 0.5) is 0 Å². The molecule has 1 aliphatic heterocycles. The lowest BCUT2D eigenvalue weighted by atomic mass is 9.97. The number of hydrogen-bond donors (Lipinski definition) is 3. The zero-order valence-electron chi connectivity index (χ0n) is 5.98. The Morgan fingerprint density at radius 2 is 2.40 bits per heavy atom. The largest absolute Gasteiger partial charge is 0.385 e. The van der Waals surface area contributed by atoms with Crippen LogP contribution in [0.3, 0.4) is 0 Å². The molecule has 0 saturated carbocycles. The van der Waals surface area contributed by atoms with Crippen molar-refractivity contribution in [2.45, 2.75) is 12.5 Å². The van der Waals surface area contributed by atoms with Gasteiger partial charge in [0.15, 0.2) is 0 Å². The molecule has 4 heteroatoms. The number of carbonyl (C=O) groups excluding carboxylic acids is 1. The Morgan fingerprint density at radius 1 is 1.80 bits per heavy atom. The van der Waals surface area contributed by atoms with Crippen LogP contribution in [-0.4, -0.2) is 36.2 Å². The molecule has 0 radical (unpaired) electrons. The van der Waals surface area contributed by atoms with Gasteiger partial charge in [-0.2, -0.15) is 0 Å². The van der Waals surface area contributed by atoms with Gasteiger partial charge >= 0.3 is 0 Å². The normalized spacial score (nSPS) is 21.4. The van der Waals surface area contributed by atoms with E-state index in [0.29, 0.717) is 19.6 Å². The Balaban J connectivity index is 2.18. The van der Waals surface area contributed by atoms with Crippen LogP contribution in [0.1, 0.15) is 6.92 Å². The quantitative estimate of drug-likeness (QED) is 0.440. The minimum atomic E-state index is -0.689. The van der Waals surface area contributed by atoms with Gasteiger partial charge in [0.2, 0.25) is 5.91 Å². The molecule has 1 rings (SSSR count). The van der Waals surface area contributed by atoms with E-state index in [1.54, 1.807) is 0 Å². The second-order valence-corrected chi connectivity index (χ2v) is 2.74. The van der Waals surface area contributed by atoms with Crippen LogP contribution < -0.4 is 10.6 Å².